The van der Waals surface area contributed by atoms with Crippen LogP contribution in [-0.2, 0) is 4.74 Å². The zero-order valence-electron chi connectivity index (χ0n) is 14.4. The Morgan fingerprint density at radius 1 is 1.19 bits per heavy atom. The summed E-state index contributed by atoms with van der Waals surface area (Å²) in [6.07, 6.45) is 0.912. The van der Waals surface area contributed by atoms with E-state index >= 15 is 0 Å². The molecule has 0 bridgehead atoms. The van der Waals surface area contributed by atoms with E-state index in [-0.39, 0.29) is 11.8 Å². The van der Waals surface area contributed by atoms with E-state index in [0.29, 0.717) is 23.4 Å². The SMILES string of the molecule is CCOCCCNc1nnc(SCCN2C(=O)c3ccccc3C2=O)s1. The largest absolute Gasteiger partial charge is 0.382 e. The molecule has 26 heavy (non-hydrogen) atoms. The molecule has 1 N–H and O–H groups in total. The fourth-order valence-corrected chi connectivity index (χ4v) is 4.29. The third-order valence-corrected chi connectivity index (χ3v) is 5.77. The maximum Gasteiger partial charge on any atom is 0.261 e. The molecular formula is C17H20N4O3S2. The smallest absolute Gasteiger partial charge is 0.261 e. The van der Waals surface area contributed by atoms with Crippen molar-refractivity contribution in [2.45, 2.75) is 17.7 Å². The van der Waals surface area contributed by atoms with E-state index in [0.717, 1.165) is 35.7 Å². The van der Waals surface area contributed by atoms with Gasteiger partial charge in [-0.3, -0.25) is 14.5 Å². The number of aromatic nitrogens is 2. The number of thioether (sulfide) groups is 1. The van der Waals surface area contributed by atoms with Crippen molar-refractivity contribution < 1.29 is 14.3 Å². The summed E-state index contributed by atoms with van der Waals surface area (Å²) in [6.45, 7) is 4.57. The number of ether oxygens (including phenoxy) is 1. The second-order valence-electron chi connectivity index (χ2n) is 5.51. The number of fused-ring (bicyclic) bond motifs is 1. The lowest BCUT2D eigenvalue weighted by molar-refractivity contribution is 0.0664. The Balaban J connectivity index is 1.43. The molecule has 9 heteroatoms. The molecule has 0 fully saturated rings. The van der Waals surface area contributed by atoms with Gasteiger partial charge in [0.15, 0.2) is 4.34 Å². The molecule has 7 nitrogen and oxygen atoms in total. The topological polar surface area (TPSA) is 84.4 Å². The number of carbonyl (C=O) groups excluding carboxylic acids is 2. The van der Waals surface area contributed by atoms with E-state index in [1.807, 2.05) is 6.92 Å². The van der Waals surface area contributed by atoms with Crippen LogP contribution in [0.5, 0.6) is 0 Å². The van der Waals surface area contributed by atoms with Gasteiger partial charge in [0, 0.05) is 32.1 Å². The summed E-state index contributed by atoms with van der Waals surface area (Å²) in [4.78, 5) is 25.9. The molecule has 1 aromatic heterocycles. The molecule has 0 spiro atoms. The van der Waals surface area contributed by atoms with Crippen molar-refractivity contribution in [3.05, 3.63) is 35.4 Å². The number of nitrogens with zero attached hydrogens (tertiary/aromatic N) is 3. The Morgan fingerprint density at radius 2 is 1.92 bits per heavy atom. The minimum atomic E-state index is -0.222. The fraction of sp³-hybridized carbons (Fsp3) is 0.412. The molecule has 2 heterocycles. The number of carbonyl (C=O) groups is 2. The first-order valence-corrected chi connectivity index (χ1v) is 10.2. The molecule has 0 saturated carbocycles. The normalized spacial score (nSPS) is 13.3. The number of amides is 2. The predicted octanol–water partition coefficient (Wildman–Crippen LogP) is 2.76. The molecule has 1 aliphatic heterocycles. The second-order valence-corrected chi connectivity index (χ2v) is 7.83. The molecule has 1 aliphatic rings. The highest BCUT2D eigenvalue weighted by atomic mass is 32.2. The molecule has 3 rings (SSSR count). The monoisotopic (exact) mass is 392 g/mol. The quantitative estimate of drug-likeness (QED) is 0.378. The van der Waals surface area contributed by atoms with Crippen LogP contribution < -0.4 is 5.32 Å². The zero-order chi connectivity index (χ0) is 18.4. The number of hydrogen-bond donors (Lipinski definition) is 1. The summed E-state index contributed by atoms with van der Waals surface area (Å²) >= 11 is 2.96. The predicted molar refractivity (Wildman–Crippen MR) is 102 cm³/mol. The van der Waals surface area contributed by atoms with Crippen molar-refractivity contribution >= 4 is 40.0 Å². The van der Waals surface area contributed by atoms with Crippen molar-refractivity contribution in [1.82, 2.24) is 15.1 Å². The average Bonchev–Trinajstić information content (AvgIpc) is 3.20. The summed E-state index contributed by atoms with van der Waals surface area (Å²) in [5.41, 5.74) is 0.967. The molecule has 0 saturated heterocycles. The summed E-state index contributed by atoms with van der Waals surface area (Å²) in [5.74, 6) is 0.144. The van der Waals surface area contributed by atoms with Gasteiger partial charge in [0.1, 0.15) is 0 Å². The number of imide groups is 1. The van der Waals surface area contributed by atoms with Crippen LogP contribution in [0, 0.1) is 0 Å². The van der Waals surface area contributed by atoms with E-state index in [4.69, 9.17) is 4.74 Å². The summed E-state index contributed by atoms with van der Waals surface area (Å²) in [5, 5.41) is 12.2. The number of benzene rings is 1. The van der Waals surface area contributed by atoms with Gasteiger partial charge in [-0.25, -0.2) is 0 Å². The van der Waals surface area contributed by atoms with Gasteiger partial charge in [-0.15, -0.1) is 10.2 Å². The van der Waals surface area contributed by atoms with E-state index in [1.165, 1.54) is 28.0 Å². The van der Waals surface area contributed by atoms with Crippen molar-refractivity contribution in [3.63, 3.8) is 0 Å². The van der Waals surface area contributed by atoms with Crippen LogP contribution in [0.3, 0.4) is 0 Å². The van der Waals surface area contributed by atoms with Crippen LogP contribution in [0.4, 0.5) is 5.13 Å². The molecule has 2 aromatic rings. The lowest BCUT2D eigenvalue weighted by atomic mass is 10.1. The highest BCUT2D eigenvalue weighted by Crippen LogP contribution is 2.27. The maximum atomic E-state index is 12.3. The minimum absolute atomic E-state index is 0.222. The Kier molecular flexibility index (Phi) is 6.59. The van der Waals surface area contributed by atoms with Crippen molar-refractivity contribution in [2.75, 3.05) is 37.4 Å². The van der Waals surface area contributed by atoms with Gasteiger partial charge in [0.2, 0.25) is 5.13 Å². The molecule has 138 valence electrons. The van der Waals surface area contributed by atoms with Crippen LogP contribution in [-0.4, -0.2) is 59.0 Å². The fourth-order valence-electron chi connectivity index (χ4n) is 2.52. The summed E-state index contributed by atoms with van der Waals surface area (Å²) in [7, 11) is 0. The Hall–Kier alpha value is -1.97. The van der Waals surface area contributed by atoms with Crippen LogP contribution in [0.15, 0.2) is 28.6 Å². The zero-order valence-corrected chi connectivity index (χ0v) is 16.1. The number of rotatable bonds is 10. The molecule has 0 unspecified atom stereocenters. The summed E-state index contributed by atoms with van der Waals surface area (Å²) < 4.78 is 6.10. The molecule has 2 amide bonds. The Labute approximate surface area is 160 Å². The van der Waals surface area contributed by atoms with Crippen molar-refractivity contribution in [3.8, 4) is 0 Å². The lowest BCUT2D eigenvalue weighted by Gasteiger charge is -2.12. The number of hydrogen-bond acceptors (Lipinski definition) is 8. The van der Waals surface area contributed by atoms with E-state index < -0.39 is 0 Å². The standard InChI is InChI=1S/C17H20N4O3S2/c1-2-24-10-5-8-18-16-19-20-17(26-16)25-11-9-21-14(22)12-6-3-4-7-13(12)15(21)23/h3-4,6-7H,2,5,8-11H2,1H3,(H,18,19). The van der Waals surface area contributed by atoms with Crippen LogP contribution in [0.1, 0.15) is 34.1 Å². The van der Waals surface area contributed by atoms with E-state index in [1.54, 1.807) is 24.3 Å². The number of nitrogens with one attached hydrogen (secondary N) is 1. The first-order chi connectivity index (χ1) is 12.7. The Bertz CT molecular complexity index is 746. The third kappa shape index (κ3) is 4.40. The first-order valence-electron chi connectivity index (χ1n) is 8.44. The maximum absolute atomic E-state index is 12.3. The average molecular weight is 393 g/mol. The second kappa shape index (κ2) is 9.11. The minimum Gasteiger partial charge on any atom is -0.382 e. The van der Waals surface area contributed by atoms with Gasteiger partial charge < -0.3 is 10.1 Å². The van der Waals surface area contributed by atoms with Gasteiger partial charge in [0.25, 0.3) is 11.8 Å². The lowest BCUT2D eigenvalue weighted by Crippen LogP contribution is -2.31. The van der Waals surface area contributed by atoms with Gasteiger partial charge >= 0.3 is 0 Å². The Morgan fingerprint density at radius 3 is 2.62 bits per heavy atom. The van der Waals surface area contributed by atoms with Crippen molar-refractivity contribution in [1.29, 1.82) is 0 Å². The first kappa shape index (κ1) is 18.8. The third-order valence-electron chi connectivity index (χ3n) is 3.77. The van der Waals surface area contributed by atoms with Gasteiger partial charge in [-0.1, -0.05) is 35.2 Å². The highest BCUT2D eigenvalue weighted by molar-refractivity contribution is 8.01. The molecule has 0 atom stereocenters. The van der Waals surface area contributed by atoms with Gasteiger partial charge in [-0.05, 0) is 25.5 Å². The van der Waals surface area contributed by atoms with E-state index in [2.05, 4.69) is 15.5 Å². The molecular weight excluding hydrogens is 372 g/mol. The van der Waals surface area contributed by atoms with Crippen molar-refractivity contribution in [2.24, 2.45) is 0 Å². The number of anilines is 1. The van der Waals surface area contributed by atoms with Gasteiger partial charge in [0.05, 0.1) is 11.1 Å². The summed E-state index contributed by atoms with van der Waals surface area (Å²) in [6, 6.07) is 6.92. The highest BCUT2D eigenvalue weighted by Gasteiger charge is 2.34. The van der Waals surface area contributed by atoms with E-state index in [9.17, 15) is 9.59 Å². The van der Waals surface area contributed by atoms with Gasteiger partial charge in [-0.2, -0.15) is 0 Å². The molecule has 1 aromatic carbocycles. The van der Waals surface area contributed by atoms with Crippen LogP contribution in [0.25, 0.3) is 0 Å². The molecule has 0 radical (unpaired) electrons. The van der Waals surface area contributed by atoms with Crippen LogP contribution in [0.2, 0.25) is 0 Å². The van der Waals surface area contributed by atoms with Crippen LogP contribution >= 0.6 is 23.1 Å². The molecule has 0 aliphatic carbocycles.